The lowest BCUT2D eigenvalue weighted by Gasteiger charge is -2.34. The molecule has 4 rings (SSSR count). The Morgan fingerprint density at radius 1 is 1.14 bits per heavy atom. The molecule has 8 nitrogen and oxygen atoms in total. The van der Waals surface area contributed by atoms with Crippen LogP contribution < -0.4 is 15.0 Å². The summed E-state index contributed by atoms with van der Waals surface area (Å²) in [6.07, 6.45) is 2.52. The predicted molar refractivity (Wildman–Crippen MR) is 110 cm³/mol. The first-order chi connectivity index (χ1) is 14.0. The van der Waals surface area contributed by atoms with Crippen molar-refractivity contribution in [3.63, 3.8) is 0 Å². The Bertz CT molecular complexity index is 973. The highest BCUT2D eigenvalue weighted by molar-refractivity contribution is 7.89. The minimum absolute atomic E-state index is 0.0786. The molecule has 0 bridgehead atoms. The number of carbonyl (C=O) groups excluding carboxylic acids is 1. The highest BCUT2D eigenvalue weighted by atomic mass is 32.2. The number of rotatable bonds is 6. The fourth-order valence-electron chi connectivity index (χ4n) is 3.59. The van der Waals surface area contributed by atoms with Crippen molar-refractivity contribution in [1.82, 2.24) is 14.6 Å². The van der Waals surface area contributed by atoms with Crippen LogP contribution in [0.1, 0.15) is 15.9 Å². The number of nitrogens with one attached hydrogen (secondary N) is 1. The number of pyridine rings is 1. The number of piperazine rings is 1. The first-order valence-electron chi connectivity index (χ1n) is 9.71. The number of amides is 1. The molecule has 3 heterocycles. The van der Waals surface area contributed by atoms with Gasteiger partial charge in [0.25, 0.3) is 5.91 Å². The summed E-state index contributed by atoms with van der Waals surface area (Å²) in [6, 6.07) is 11.0. The van der Waals surface area contributed by atoms with E-state index in [2.05, 4.69) is 15.2 Å². The van der Waals surface area contributed by atoms with Crippen LogP contribution in [0.25, 0.3) is 0 Å². The predicted octanol–water partition coefficient (Wildman–Crippen LogP) is 0.898. The maximum atomic E-state index is 12.6. The molecule has 2 aliphatic heterocycles. The van der Waals surface area contributed by atoms with Crippen LogP contribution in [0.15, 0.2) is 42.6 Å². The molecule has 29 heavy (non-hydrogen) atoms. The summed E-state index contributed by atoms with van der Waals surface area (Å²) in [7, 11) is -3.42. The maximum Gasteiger partial charge on any atom is 0.251 e. The maximum absolute atomic E-state index is 12.6. The minimum Gasteiger partial charge on any atom is -0.493 e. The van der Waals surface area contributed by atoms with Gasteiger partial charge in [-0.2, -0.15) is 4.31 Å². The molecular weight excluding hydrogens is 392 g/mol. The van der Waals surface area contributed by atoms with Crippen molar-refractivity contribution < 1.29 is 17.9 Å². The van der Waals surface area contributed by atoms with Gasteiger partial charge in [-0.15, -0.1) is 0 Å². The molecule has 0 radical (unpaired) electrons. The molecule has 2 aromatic rings. The molecule has 0 aliphatic carbocycles. The van der Waals surface area contributed by atoms with Gasteiger partial charge in [0.1, 0.15) is 11.6 Å². The SMILES string of the molecule is O=C(NCCS(=O)(=O)N1CCN(c2ccccn2)CC1)c1ccc2c(c1)CCO2. The summed E-state index contributed by atoms with van der Waals surface area (Å²) in [6.45, 7) is 2.73. The fraction of sp³-hybridized carbons (Fsp3) is 0.400. The molecule has 1 aromatic heterocycles. The topological polar surface area (TPSA) is 91.8 Å². The summed E-state index contributed by atoms with van der Waals surface area (Å²) >= 11 is 0. The van der Waals surface area contributed by atoms with Crippen LogP contribution in [-0.4, -0.2) is 68.7 Å². The van der Waals surface area contributed by atoms with Crippen molar-refractivity contribution in [3.05, 3.63) is 53.7 Å². The highest BCUT2D eigenvalue weighted by Gasteiger charge is 2.27. The van der Waals surface area contributed by atoms with Gasteiger partial charge in [0.05, 0.1) is 12.4 Å². The van der Waals surface area contributed by atoms with Crippen molar-refractivity contribution in [2.45, 2.75) is 6.42 Å². The molecule has 0 unspecified atom stereocenters. The second-order valence-corrected chi connectivity index (χ2v) is 9.16. The number of hydrogen-bond donors (Lipinski definition) is 1. The lowest BCUT2D eigenvalue weighted by Crippen LogP contribution is -2.50. The van der Waals surface area contributed by atoms with E-state index in [9.17, 15) is 13.2 Å². The molecule has 0 spiro atoms. The molecule has 0 atom stereocenters. The largest absolute Gasteiger partial charge is 0.493 e. The van der Waals surface area contributed by atoms with Gasteiger partial charge in [-0.25, -0.2) is 13.4 Å². The molecule has 1 fully saturated rings. The molecular formula is C20H24N4O4S. The Balaban J connectivity index is 1.27. The molecule has 154 valence electrons. The number of ether oxygens (including phenoxy) is 1. The standard InChI is InChI=1S/C20H24N4O4S/c25-20(17-4-5-18-16(15-17)6-13-28-18)22-8-14-29(26,27)24-11-9-23(10-12-24)19-3-1-2-7-21-19/h1-5,7,15H,6,8-14H2,(H,22,25). The molecule has 9 heteroatoms. The van der Waals surface area contributed by atoms with Crippen LogP contribution in [0, 0.1) is 0 Å². The third-order valence-corrected chi connectivity index (χ3v) is 7.07. The van der Waals surface area contributed by atoms with Crippen LogP contribution in [0.2, 0.25) is 0 Å². The number of fused-ring (bicyclic) bond motifs is 1. The van der Waals surface area contributed by atoms with E-state index in [-0.39, 0.29) is 18.2 Å². The van der Waals surface area contributed by atoms with Crippen LogP contribution in [0.5, 0.6) is 5.75 Å². The van der Waals surface area contributed by atoms with Crippen molar-refractivity contribution in [1.29, 1.82) is 0 Å². The Hall–Kier alpha value is -2.65. The monoisotopic (exact) mass is 416 g/mol. The average molecular weight is 417 g/mol. The van der Waals surface area contributed by atoms with Crippen LogP contribution in [0.3, 0.4) is 0 Å². The van der Waals surface area contributed by atoms with E-state index in [0.29, 0.717) is 38.3 Å². The fourth-order valence-corrected chi connectivity index (χ4v) is 4.93. The van der Waals surface area contributed by atoms with Gasteiger partial charge >= 0.3 is 0 Å². The molecule has 1 N–H and O–H groups in total. The Labute approximate surface area is 170 Å². The number of carbonyl (C=O) groups is 1. The molecule has 1 amide bonds. The average Bonchev–Trinajstić information content (AvgIpc) is 3.22. The molecule has 1 saturated heterocycles. The summed E-state index contributed by atoms with van der Waals surface area (Å²) in [5, 5.41) is 2.71. The third-order valence-electron chi connectivity index (χ3n) is 5.20. The number of sulfonamides is 1. The summed E-state index contributed by atoms with van der Waals surface area (Å²) in [4.78, 5) is 18.7. The smallest absolute Gasteiger partial charge is 0.251 e. The van der Waals surface area contributed by atoms with Crippen molar-refractivity contribution in [2.24, 2.45) is 0 Å². The summed E-state index contributed by atoms with van der Waals surface area (Å²) in [5.74, 6) is 1.29. The van der Waals surface area contributed by atoms with Crippen molar-refractivity contribution >= 4 is 21.7 Å². The first-order valence-corrected chi connectivity index (χ1v) is 11.3. The Kier molecular flexibility index (Phi) is 5.68. The lowest BCUT2D eigenvalue weighted by atomic mass is 10.1. The van der Waals surface area contributed by atoms with E-state index in [1.807, 2.05) is 24.3 Å². The van der Waals surface area contributed by atoms with E-state index < -0.39 is 10.0 Å². The number of aromatic nitrogens is 1. The Morgan fingerprint density at radius 2 is 1.97 bits per heavy atom. The second kappa shape index (κ2) is 8.38. The van der Waals surface area contributed by atoms with E-state index in [1.54, 1.807) is 18.3 Å². The summed E-state index contributed by atoms with van der Waals surface area (Å²) < 4.78 is 32.2. The number of benzene rings is 1. The van der Waals surface area contributed by atoms with Gasteiger partial charge in [-0.3, -0.25) is 4.79 Å². The molecule has 0 saturated carbocycles. The zero-order chi connectivity index (χ0) is 20.3. The zero-order valence-electron chi connectivity index (χ0n) is 16.1. The second-order valence-electron chi connectivity index (χ2n) is 7.07. The van der Waals surface area contributed by atoms with Crippen LogP contribution in [-0.2, 0) is 16.4 Å². The van der Waals surface area contributed by atoms with E-state index >= 15 is 0 Å². The molecule has 2 aliphatic rings. The Morgan fingerprint density at radius 3 is 2.72 bits per heavy atom. The van der Waals surface area contributed by atoms with Gasteiger partial charge in [0.15, 0.2) is 0 Å². The quantitative estimate of drug-likeness (QED) is 0.752. The number of nitrogens with zero attached hydrogens (tertiary/aromatic N) is 3. The van der Waals surface area contributed by atoms with Gasteiger partial charge in [-0.05, 0) is 35.9 Å². The van der Waals surface area contributed by atoms with E-state index in [0.717, 1.165) is 23.6 Å². The highest BCUT2D eigenvalue weighted by Crippen LogP contribution is 2.25. The van der Waals surface area contributed by atoms with Crippen molar-refractivity contribution in [3.8, 4) is 5.75 Å². The van der Waals surface area contributed by atoms with Crippen LogP contribution >= 0.6 is 0 Å². The van der Waals surface area contributed by atoms with Gasteiger partial charge in [0, 0.05) is 50.9 Å². The molecule has 1 aromatic carbocycles. The lowest BCUT2D eigenvalue weighted by molar-refractivity contribution is 0.0956. The van der Waals surface area contributed by atoms with E-state index in [4.69, 9.17) is 4.74 Å². The van der Waals surface area contributed by atoms with Crippen molar-refractivity contribution in [2.75, 3.05) is 50.0 Å². The minimum atomic E-state index is -3.42. The van der Waals surface area contributed by atoms with Crippen LogP contribution in [0.4, 0.5) is 5.82 Å². The zero-order valence-corrected chi connectivity index (χ0v) is 16.9. The normalized spacial score (nSPS) is 16.9. The number of anilines is 1. The third kappa shape index (κ3) is 4.51. The number of hydrogen-bond acceptors (Lipinski definition) is 6. The first kappa shape index (κ1) is 19.7. The van der Waals surface area contributed by atoms with Gasteiger partial charge in [-0.1, -0.05) is 6.07 Å². The summed E-state index contributed by atoms with van der Waals surface area (Å²) in [5.41, 5.74) is 1.53. The van der Waals surface area contributed by atoms with Gasteiger partial charge < -0.3 is 15.0 Å². The van der Waals surface area contributed by atoms with Gasteiger partial charge in [0.2, 0.25) is 10.0 Å². The van der Waals surface area contributed by atoms with E-state index in [1.165, 1.54) is 4.31 Å².